The van der Waals surface area contributed by atoms with Gasteiger partial charge in [0, 0.05) is 32.6 Å². The van der Waals surface area contributed by atoms with Crippen molar-refractivity contribution in [2.75, 3.05) is 6.26 Å². The second-order valence-corrected chi connectivity index (χ2v) is 5.81. The van der Waals surface area contributed by atoms with Crippen molar-refractivity contribution in [3.05, 3.63) is 29.6 Å². The fourth-order valence-electron chi connectivity index (χ4n) is 1.00. The van der Waals surface area contributed by atoms with E-state index in [9.17, 15) is 17.4 Å². The fourth-order valence-corrected chi connectivity index (χ4v) is 1.59. The van der Waals surface area contributed by atoms with E-state index in [1.807, 2.05) is 0 Å². The molecular formula is C9H11F3N2OS. The van der Waals surface area contributed by atoms with Gasteiger partial charge in [-0.25, -0.2) is 0 Å². The Morgan fingerprint density at radius 1 is 1.44 bits per heavy atom. The minimum absolute atomic E-state index is 0.328. The van der Waals surface area contributed by atoms with Crippen LogP contribution in [0.3, 0.4) is 0 Å². The molecule has 0 radical (unpaired) electrons. The zero-order valence-electron chi connectivity index (χ0n) is 8.71. The summed E-state index contributed by atoms with van der Waals surface area (Å²) < 4.78 is 48.1. The molecule has 0 saturated carbocycles. The first-order chi connectivity index (χ1) is 7.12. The van der Waals surface area contributed by atoms with Crippen LogP contribution < -0.4 is 5.14 Å². The van der Waals surface area contributed by atoms with E-state index in [0.717, 1.165) is 12.3 Å². The van der Waals surface area contributed by atoms with Gasteiger partial charge in [-0.3, -0.25) is 14.3 Å². The van der Waals surface area contributed by atoms with Gasteiger partial charge in [-0.05, 0) is 13.0 Å². The van der Waals surface area contributed by atoms with Crippen LogP contribution in [0.25, 0.3) is 0 Å². The van der Waals surface area contributed by atoms with Crippen molar-refractivity contribution in [1.29, 1.82) is 0 Å². The van der Waals surface area contributed by atoms with Gasteiger partial charge in [0.15, 0.2) is 0 Å². The number of aromatic nitrogens is 1. The summed E-state index contributed by atoms with van der Waals surface area (Å²) in [5.74, 6) is 0. The summed E-state index contributed by atoms with van der Waals surface area (Å²) >= 11 is 0. The third-order valence-corrected chi connectivity index (χ3v) is 3.52. The van der Waals surface area contributed by atoms with Crippen molar-refractivity contribution >= 4 is 14.6 Å². The smallest absolute Gasteiger partial charge is 0.259 e. The first kappa shape index (κ1) is 13.0. The maximum Gasteiger partial charge on any atom is 0.433 e. The molecule has 0 fully saturated rings. The highest BCUT2D eigenvalue weighted by molar-refractivity contribution is 8.00. The molecular weight excluding hydrogens is 241 g/mol. The van der Waals surface area contributed by atoms with Gasteiger partial charge in [0.05, 0.1) is 0 Å². The Balaban J connectivity index is 3.21. The minimum atomic E-state index is -4.47. The topological polar surface area (TPSA) is 56.0 Å². The maximum atomic E-state index is 12.2. The number of nitrogens with two attached hydrogens (primary N) is 1. The summed E-state index contributed by atoms with van der Waals surface area (Å²) in [6, 6.07) is 2.05. The molecule has 2 N–H and O–H groups in total. The maximum absolute atomic E-state index is 12.2. The molecule has 1 aromatic heterocycles. The summed E-state index contributed by atoms with van der Waals surface area (Å²) in [7, 11) is -2.66. The summed E-state index contributed by atoms with van der Waals surface area (Å²) in [5, 5.41) is 5.38. The molecule has 1 atom stereocenters. The molecule has 1 rings (SSSR count). The average molecular weight is 252 g/mol. The quantitative estimate of drug-likeness (QED) is 0.607. The third kappa shape index (κ3) is 2.96. The fraction of sp³-hybridized carbons (Fsp3) is 0.333. The molecule has 1 unspecified atom stereocenters. The molecule has 0 amide bonds. The third-order valence-electron chi connectivity index (χ3n) is 2.07. The number of rotatable bonds is 1. The van der Waals surface area contributed by atoms with Crippen LogP contribution in [0.5, 0.6) is 0 Å². The van der Waals surface area contributed by atoms with E-state index in [1.54, 1.807) is 0 Å². The first-order valence-corrected chi connectivity index (χ1v) is 6.29. The normalized spacial score (nSPS) is 15.6. The lowest BCUT2D eigenvalue weighted by molar-refractivity contribution is -0.141. The van der Waals surface area contributed by atoms with E-state index >= 15 is 0 Å². The van der Waals surface area contributed by atoms with E-state index in [0.29, 0.717) is 10.4 Å². The highest BCUT2D eigenvalue weighted by atomic mass is 32.2. The lowest BCUT2D eigenvalue weighted by Crippen LogP contribution is -2.20. The summed E-state index contributed by atoms with van der Waals surface area (Å²) in [6.07, 6.45) is -2.13. The summed E-state index contributed by atoms with van der Waals surface area (Å²) in [5.41, 5.74) is -0.633. The van der Waals surface area contributed by atoms with Gasteiger partial charge in [0.2, 0.25) is 0 Å². The van der Waals surface area contributed by atoms with Gasteiger partial charge in [-0.1, -0.05) is 6.07 Å². The monoisotopic (exact) mass is 252 g/mol. The van der Waals surface area contributed by atoms with Crippen LogP contribution in [-0.4, -0.2) is 20.3 Å². The number of hydrogen-bond acceptors (Lipinski definition) is 2. The van der Waals surface area contributed by atoms with Crippen LogP contribution >= 0.6 is 0 Å². The van der Waals surface area contributed by atoms with Gasteiger partial charge < -0.3 is 0 Å². The van der Waals surface area contributed by atoms with Gasteiger partial charge in [-0.2, -0.15) is 13.2 Å². The molecule has 16 heavy (non-hydrogen) atoms. The first-order valence-electron chi connectivity index (χ1n) is 4.26. The van der Waals surface area contributed by atoms with E-state index in [4.69, 9.17) is 5.14 Å². The molecule has 0 aliphatic heterocycles. The highest BCUT2D eigenvalue weighted by Crippen LogP contribution is 2.27. The second-order valence-electron chi connectivity index (χ2n) is 3.39. The molecule has 90 valence electrons. The van der Waals surface area contributed by atoms with Crippen LogP contribution in [-0.2, 0) is 15.9 Å². The minimum Gasteiger partial charge on any atom is -0.259 e. The predicted molar refractivity (Wildman–Crippen MR) is 57.3 cm³/mol. The van der Waals surface area contributed by atoms with Crippen molar-refractivity contribution in [3.63, 3.8) is 0 Å². The van der Waals surface area contributed by atoms with Gasteiger partial charge in [-0.15, -0.1) is 0 Å². The zero-order valence-corrected chi connectivity index (χ0v) is 9.52. The van der Waals surface area contributed by atoms with Crippen molar-refractivity contribution in [2.45, 2.75) is 13.1 Å². The van der Waals surface area contributed by atoms with Crippen molar-refractivity contribution in [3.8, 4) is 0 Å². The van der Waals surface area contributed by atoms with Gasteiger partial charge in [0.25, 0.3) is 0 Å². The predicted octanol–water partition coefficient (Wildman–Crippen LogP) is 1.43. The molecule has 0 aliphatic carbocycles. The van der Waals surface area contributed by atoms with Crippen molar-refractivity contribution in [1.82, 2.24) is 4.98 Å². The average Bonchev–Trinajstić information content (AvgIpc) is 2.14. The summed E-state index contributed by atoms with van der Waals surface area (Å²) in [4.78, 5) is 3.59. The van der Waals surface area contributed by atoms with E-state index in [2.05, 4.69) is 4.98 Å². The van der Waals surface area contributed by atoms with Crippen molar-refractivity contribution < 1.29 is 17.4 Å². The number of nitrogens with zero attached hydrogens (tertiary/aromatic N) is 1. The lowest BCUT2D eigenvalue weighted by atomic mass is 10.2. The molecule has 7 heteroatoms. The van der Waals surface area contributed by atoms with Gasteiger partial charge >= 0.3 is 6.18 Å². The molecule has 1 heterocycles. The highest BCUT2D eigenvalue weighted by Gasteiger charge is 2.32. The number of pyridine rings is 1. The lowest BCUT2D eigenvalue weighted by Gasteiger charge is -2.08. The number of hydrogen-bond donors (Lipinski definition) is 1. The zero-order chi connectivity index (χ0) is 12.6. The van der Waals surface area contributed by atoms with Crippen LogP contribution in [0.2, 0.25) is 0 Å². The van der Waals surface area contributed by atoms with Crippen LogP contribution in [0, 0.1) is 0 Å². The molecule has 1 aromatic rings. The molecule has 0 aliphatic rings. The number of alkyl halides is 3. The Bertz CT molecular complexity index is 490. The second kappa shape index (κ2) is 4.06. The molecule has 0 aromatic carbocycles. The molecule has 0 bridgehead atoms. The Labute approximate surface area is 91.6 Å². The van der Waals surface area contributed by atoms with E-state index < -0.39 is 21.6 Å². The molecule has 0 saturated heterocycles. The largest absolute Gasteiger partial charge is 0.433 e. The number of halogens is 3. The van der Waals surface area contributed by atoms with Crippen LogP contribution in [0.4, 0.5) is 13.2 Å². The van der Waals surface area contributed by atoms with Crippen LogP contribution in [0.1, 0.15) is 18.2 Å². The van der Waals surface area contributed by atoms with E-state index in [-0.39, 0.29) is 0 Å². The Kier molecular flexibility index (Phi) is 3.30. The Morgan fingerprint density at radius 3 is 2.31 bits per heavy atom. The van der Waals surface area contributed by atoms with Gasteiger partial charge in [0.1, 0.15) is 5.69 Å². The SMILES string of the molecule is CC(c1ccc(C(F)(F)F)nc1)=S(C)(N)=O. The standard InChI is InChI=1S/C9H11F3N2OS/c1-6(16(2,13)15)7-3-4-8(14-5-7)9(10,11)12/h3-5H,1-2H3,(H2,13,15). The van der Waals surface area contributed by atoms with E-state index in [1.165, 1.54) is 19.2 Å². The molecule has 0 spiro atoms. The Morgan fingerprint density at radius 2 is 2.00 bits per heavy atom. The molecule has 3 nitrogen and oxygen atoms in total. The Hall–Kier alpha value is -1.08. The summed E-state index contributed by atoms with van der Waals surface area (Å²) in [6.45, 7) is 1.51. The van der Waals surface area contributed by atoms with Crippen LogP contribution in [0.15, 0.2) is 18.3 Å². The van der Waals surface area contributed by atoms with Crippen molar-refractivity contribution in [2.24, 2.45) is 5.14 Å².